The molecule has 0 aliphatic carbocycles. The van der Waals surface area contributed by atoms with Crippen molar-refractivity contribution in [3.8, 4) is 0 Å². The third-order valence-corrected chi connectivity index (χ3v) is 4.75. The zero-order valence-corrected chi connectivity index (χ0v) is 14.3. The van der Waals surface area contributed by atoms with E-state index < -0.39 is 23.3 Å². The SMILES string of the molecule is O=C1NCC(CCO)(c2cccc(C(F)(F)F)c2)N1c1ccc(Cl)cc1. The number of hydrogen-bond acceptors (Lipinski definition) is 2. The maximum Gasteiger partial charge on any atom is 0.416 e. The van der Waals surface area contributed by atoms with Gasteiger partial charge in [-0.2, -0.15) is 13.2 Å². The predicted molar refractivity (Wildman–Crippen MR) is 92.2 cm³/mol. The lowest BCUT2D eigenvalue weighted by molar-refractivity contribution is -0.137. The molecule has 1 heterocycles. The second kappa shape index (κ2) is 6.81. The van der Waals surface area contributed by atoms with Crippen molar-refractivity contribution in [1.82, 2.24) is 5.32 Å². The number of carbonyl (C=O) groups excluding carboxylic acids is 1. The quantitative estimate of drug-likeness (QED) is 0.831. The largest absolute Gasteiger partial charge is 0.416 e. The van der Waals surface area contributed by atoms with Gasteiger partial charge in [0.05, 0.1) is 11.1 Å². The number of anilines is 1. The molecule has 2 aromatic rings. The second-order valence-electron chi connectivity index (χ2n) is 6.05. The van der Waals surface area contributed by atoms with E-state index in [-0.39, 0.29) is 19.6 Å². The van der Waals surface area contributed by atoms with Gasteiger partial charge >= 0.3 is 12.2 Å². The summed E-state index contributed by atoms with van der Waals surface area (Å²) in [5.41, 5.74) is -1.16. The molecule has 1 aliphatic heterocycles. The maximum atomic E-state index is 13.1. The molecule has 0 bridgehead atoms. The average Bonchev–Trinajstić information content (AvgIpc) is 2.93. The molecule has 2 aromatic carbocycles. The third-order valence-electron chi connectivity index (χ3n) is 4.50. The number of halogens is 4. The lowest BCUT2D eigenvalue weighted by Gasteiger charge is -2.37. The third kappa shape index (κ3) is 3.24. The van der Waals surface area contributed by atoms with E-state index in [4.69, 9.17) is 11.6 Å². The number of urea groups is 1. The summed E-state index contributed by atoms with van der Waals surface area (Å²) in [4.78, 5) is 13.9. The first kappa shape index (κ1) is 18.5. The zero-order chi connectivity index (χ0) is 18.9. The van der Waals surface area contributed by atoms with Crippen LogP contribution in [0.3, 0.4) is 0 Å². The molecule has 0 saturated carbocycles. The van der Waals surface area contributed by atoms with Gasteiger partial charge in [0.15, 0.2) is 0 Å². The fourth-order valence-electron chi connectivity index (χ4n) is 3.27. The van der Waals surface area contributed by atoms with Crippen molar-refractivity contribution >= 4 is 23.3 Å². The number of nitrogens with one attached hydrogen (secondary N) is 1. The Morgan fingerprint density at radius 1 is 1.19 bits per heavy atom. The van der Waals surface area contributed by atoms with Crippen molar-refractivity contribution in [3.05, 3.63) is 64.7 Å². The van der Waals surface area contributed by atoms with Gasteiger partial charge in [-0.3, -0.25) is 4.90 Å². The molecule has 1 aliphatic rings. The lowest BCUT2D eigenvalue weighted by atomic mass is 9.84. The highest BCUT2D eigenvalue weighted by Gasteiger charge is 2.48. The summed E-state index contributed by atoms with van der Waals surface area (Å²) >= 11 is 5.89. The van der Waals surface area contributed by atoms with Crippen molar-refractivity contribution in [2.45, 2.75) is 18.1 Å². The molecular formula is C18H16ClF3N2O2. The number of alkyl halides is 3. The van der Waals surface area contributed by atoms with Crippen LogP contribution >= 0.6 is 11.6 Å². The summed E-state index contributed by atoms with van der Waals surface area (Å²) in [5.74, 6) is 0. The highest BCUT2D eigenvalue weighted by atomic mass is 35.5. The van der Waals surface area contributed by atoms with Crippen LogP contribution in [0, 0.1) is 0 Å². The molecule has 2 N–H and O–H groups in total. The number of amides is 2. The molecule has 4 nitrogen and oxygen atoms in total. The minimum absolute atomic E-state index is 0.0790. The summed E-state index contributed by atoms with van der Waals surface area (Å²) < 4.78 is 39.4. The molecule has 1 fully saturated rings. The molecule has 2 amide bonds. The van der Waals surface area contributed by atoms with Gasteiger partial charge < -0.3 is 10.4 Å². The van der Waals surface area contributed by atoms with E-state index in [1.165, 1.54) is 17.0 Å². The summed E-state index contributed by atoms with van der Waals surface area (Å²) in [6.07, 6.45) is -4.42. The van der Waals surface area contributed by atoms with Crippen molar-refractivity contribution in [2.24, 2.45) is 0 Å². The number of benzene rings is 2. The number of aliphatic hydroxyl groups excluding tert-OH is 1. The normalized spacial score (nSPS) is 20.3. The number of nitrogens with zero attached hydrogens (tertiary/aromatic N) is 1. The first-order valence-corrected chi connectivity index (χ1v) is 8.28. The van der Waals surface area contributed by atoms with Crippen molar-refractivity contribution in [3.63, 3.8) is 0 Å². The van der Waals surface area contributed by atoms with Gasteiger partial charge in [-0.1, -0.05) is 23.7 Å². The summed E-state index contributed by atoms with van der Waals surface area (Å²) in [5, 5.41) is 12.7. The van der Waals surface area contributed by atoms with Crippen LogP contribution in [0.1, 0.15) is 17.5 Å². The molecule has 0 spiro atoms. The topological polar surface area (TPSA) is 52.6 Å². The van der Waals surface area contributed by atoms with Gasteiger partial charge in [-0.05, 0) is 42.0 Å². The fourth-order valence-corrected chi connectivity index (χ4v) is 3.40. The van der Waals surface area contributed by atoms with Crippen LogP contribution in [0.25, 0.3) is 0 Å². The standard InChI is InChI=1S/C18H16ClF3N2O2/c19-14-4-6-15(7-5-14)24-16(26)23-11-17(24,8-9-25)12-2-1-3-13(10-12)18(20,21)22/h1-7,10,25H,8-9,11H2,(H,23,26). The molecule has 26 heavy (non-hydrogen) atoms. The van der Waals surface area contributed by atoms with Crippen LogP contribution in [0.5, 0.6) is 0 Å². The Kier molecular flexibility index (Phi) is 4.86. The molecule has 1 saturated heterocycles. The molecule has 8 heteroatoms. The minimum atomic E-state index is -4.50. The number of carbonyl (C=O) groups is 1. The molecule has 3 rings (SSSR count). The van der Waals surface area contributed by atoms with Gasteiger partial charge in [0.2, 0.25) is 0 Å². The monoisotopic (exact) mass is 384 g/mol. The molecule has 1 unspecified atom stereocenters. The number of hydrogen-bond donors (Lipinski definition) is 2. The van der Waals surface area contributed by atoms with E-state index in [9.17, 15) is 23.1 Å². The highest BCUT2D eigenvalue weighted by Crippen LogP contribution is 2.41. The molecule has 1 atom stereocenters. The number of rotatable bonds is 4. The molecular weight excluding hydrogens is 369 g/mol. The van der Waals surface area contributed by atoms with E-state index in [1.807, 2.05) is 0 Å². The van der Waals surface area contributed by atoms with Crippen molar-refractivity contribution in [1.29, 1.82) is 0 Å². The van der Waals surface area contributed by atoms with Crippen molar-refractivity contribution < 1.29 is 23.1 Å². The van der Waals surface area contributed by atoms with E-state index in [0.717, 1.165) is 12.1 Å². The number of aliphatic hydroxyl groups is 1. The Morgan fingerprint density at radius 2 is 1.88 bits per heavy atom. The van der Waals surface area contributed by atoms with Gasteiger partial charge in [-0.25, -0.2) is 4.79 Å². The smallest absolute Gasteiger partial charge is 0.396 e. The molecule has 138 valence electrons. The van der Waals surface area contributed by atoms with E-state index in [0.29, 0.717) is 16.3 Å². The summed E-state index contributed by atoms with van der Waals surface area (Å²) in [7, 11) is 0. The Balaban J connectivity index is 2.14. The van der Waals surface area contributed by atoms with Crippen molar-refractivity contribution in [2.75, 3.05) is 18.1 Å². The predicted octanol–water partition coefficient (Wildman–Crippen LogP) is 4.17. The lowest BCUT2D eigenvalue weighted by Crippen LogP contribution is -2.45. The molecule has 0 aromatic heterocycles. The Bertz CT molecular complexity index is 811. The molecule has 0 radical (unpaired) electrons. The van der Waals surface area contributed by atoms with Crippen LogP contribution in [0.4, 0.5) is 23.7 Å². The van der Waals surface area contributed by atoms with Crippen LogP contribution in [0.2, 0.25) is 5.02 Å². The first-order valence-electron chi connectivity index (χ1n) is 7.90. The fraction of sp³-hybridized carbons (Fsp3) is 0.278. The summed E-state index contributed by atoms with van der Waals surface area (Å²) in [6.45, 7) is -0.217. The first-order chi connectivity index (χ1) is 12.3. The van der Waals surface area contributed by atoms with Crippen LogP contribution in [0.15, 0.2) is 48.5 Å². The van der Waals surface area contributed by atoms with Crippen LogP contribution in [-0.2, 0) is 11.7 Å². The maximum absolute atomic E-state index is 13.1. The Labute approximate surface area is 153 Å². The van der Waals surface area contributed by atoms with E-state index >= 15 is 0 Å². The Hall–Kier alpha value is -2.25. The van der Waals surface area contributed by atoms with Gasteiger partial charge in [-0.15, -0.1) is 0 Å². The zero-order valence-electron chi connectivity index (χ0n) is 13.6. The second-order valence-corrected chi connectivity index (χ2v) is 6.49. The van der Waals surface area contributed by atoms with Gasteiger partial charge in [0.25, 0.3) is 0 Å². The minimum Gasteiger partial charge on any atom is -0.396 e. The summed E-state index contributed by atoms with van der Waals surface area (Å²) in [6, 6.07) is 10.8. The van der Waals surface area contributed by atoms with Gasteiger partial charge in [0, 0.05) is 30.3 Å². The van der Waals surface area contributed by atoms with E-state index in [2.05, 4.69) is 5.32 Å². The van der Waals surface area contributed by atoms with Crippen LogP contribution < -0.4 is 10.2 Å². The van der Waals surface area contributed by atoms with Crippen LogP contribution in [-0.4, -0.2) is 24.3 Å². The highest BCUT2D eigenvalue weighted by molar-refractivity contribution is 6.30. The Morgan fingerprint density at radius 3 is 2.50 bits per heavy atom. The van der Waals surface area contributed by atoms with Gasteiger partial charge in [0.1, 0.15) is 0 Å². The average molecular weight is 385 g/mol. The van der Waals surface area contributed by atoms with E-state index in [1.54, 1.807) is 24.3 Å².